The Balaban J connectivity index is 1.36. The van der Waals surface area contributed by atoms with E-state index in [1.807, 2.05) is 24.3 Å². The molecule has 22 heavy (non-hydrogen) atoms. The number of fused-ring (bicyclic) bond motifs is 4. The predicted molar refractivity (Wildman–Crippen MR) is 81.6 cm³/mol. The van der Waals surface area contributed by atoms with Gasteiger partial charge in [0.15, 0.2) is 0 Å². The molecule has 0 amide bonds. The first-order valence-corrected chi connectivity index (χ1v) is 7.63. The molecular formula is C15H16N6O. The molecule has 0 saturated carbocycles. The third-order valence-corrected chi connectivity index (χ3v) is 4.88. The highest BCUT2D eigenvalue weighted by Gasteiger charge is 2.54. The molecule has 7 heteroatoms. The molecular weight excluding hydrogens is 280 g/mol. The van der Waals surface area contributed by atoms with Crippen molar-refractivity contribution in [3.8, 4) is 0 Å². The second-order valence-electron chi connectivity index (χ2n) is 6.26. The van der Waals surface area contributed by atoms with Crippen LogP contribution in [0, 0.1) is 5.92 Å². The van der Waals surface area contributed by atoms with Gasteiger partial charge >= 0.3 is 0 Å². The number of nitrogens with zero attached hydrogens (tertiary/aromatic N) is 5. The Bertz CT molecular complexity index is 777. The van der Waals surface area contributed by atoms with E-state index >= 15 is 0 Å². The Labute approximate surface area is 127 Å². The van der Waals surface area contributed by atoms with E-state index in [9.17, 15) is 0 Å². The number of aromatic nitrogens is 3. The number of benzene rings is 1. The number of hydrogen-bond donors (Lipinski definition) is 1. The Morgan fingerprint density at radius 2 is 2.14 bits per heavy atom. The smallest absolute Gasteiger partial charge is 0.292 e. The number of piperidine rings is 1. The lowest BCUT2D eigenvalue weighted by Crippen LogP contribution is -2.46. The first kappa shape index (κ1) is 12.3. The van der Waals surface area contributed by atoms with E-state index in [0.717, 1.165) is 30.7 Å². The maximum atomic E-state index is 6.15. The molecule has 5 rings (SSSR count). The van der Waals surface area contributed by atoms with Crippen LogP contribution in [0.1, 0.15) is 6.42 Å². The van der Waals surface area contributed by atoms with Gasteiger partial charge < -0.3 is 4.74 Å². The van der Waals surface area contributed by atoms with E-state index in [2.05, 4.69) is 30.4 Å². The number of rotatable bonds is 1. The van der Waals surface area contributed by atoms with Crippen molar-refractivity contribution < 1.29 is 4.74 Å². The summed E-state index contributed by atoms with van der Waals surface area (Å²) in [4.78, 5) is 11.4. The highest BCUT2D eigenvalue weighted by atomic mass is 16.5. The number of para-hydroxylation sites is 1. The molecule has 2 bridgehead atoms. The molecule has 2 saturated heterocycles. The van der Waals surface area contributed by atoms with Crippen LogP contribution in [0.2, 0.25) is 0 Å². The van der Waals surface area contributed by atoms with Gasteiger partial charge in [0.05, 0.1) is 12.1 Å². The fourth-order valence-electron chi connectivity index (χ4n) is 3.77. The zero-order chi connectivity index (χ0) is 14.6. The molecule has 1 N–H and O–H groups in total. The zero-order valence-electron chi connectivity index (χ0n) is 12.1. The average molecular weight is 296 g/mol. The molecule has 112 valence electrons. The van der Waals surface area contributed by atoms with Gasteiger partial charge in [-0.25, -0.2) is 9.98 Å². The minimum absolute atomic E-state index is 0.134. The van der Waals surface area contributed by atoms with Crippen molar-refractivity contribution in [3.05, 3.63) is 24.3 Å². The zero-order valence-corrected chi connectivity index (χ0v) is 12.1. The first-order chi connectivity index (χ1) is 10.8. The monoisotopic (exact) mass is 296 g/mol. The number of anilines is 1. The van der Waals surface area contributed by atoms with Gasteiger partial charge in [0.25, 0.3) is 12.0 Å². The van der Waals surface area contributed by atoms with Gasteiger partial charge in [0.2, 0.25) is 0 Å². The largest absolute Gasteiger partial charge is 0.455 e. The predicted octanol–water partition coefficient (Wildman–Crippen LogP) is 0.897. The SMILES string of the molecule is c1ccc2nc(NC3=NCC4(CN5CCC4C5)O3)nnc2c1. The van der Waals surface area contributed by atoms with Crippen molar-refractivity contribution in [2.75, 3.05) is 31.5 Å². The maximum Gasteiger partial charge on any atom is 0.292 e. The van der Waals surface area contributed by atoms with Gasteiger partial charge in [0.1, 0.15) is 11.1 Å². The number of aliphatic imine (C=N–C) groups is 1. The second kappa shape index (κ2) is 4.36. The highest BCUT2D eigenvalue weighted by Crippen LogP contribution is 2.41. The molecule has 0 aliphatic carbocycles. The van der Waals surface area contributed by atoms with Crippen LogP contribution in [0.15, 0.2) is 29.3 Å². The average Bonchev–Trinajstić information content (AvgIpc) is 3.24. The summed E-state index contributed by atoms with van der Waals surface area (Å²) in [6, 6.07) is 8.18. The van der Waals surface area contributed by atoms with Crippen molar-refractivity contribution in [1.82, 2.24) is 20.1 Å². The van der Waals surface area contributed by atoms with Gasteiger partial charge in [-0.1, -0.05) is 12.1 Å². The molecule has 4 heterocycles. The molecule has 2 aromatic rings. The molecule has 3 aliphatic rings. The van der Waals surface area contributed by atoms with Gasteiger partial charge in [-0.15, -0.1) is 10.2 Å². The van der Waals surface area contributed by atoms with Crippen LogP contribution in [0.3, 0.4) is 0 Å². The molecule has 0 radical (unpaired) electrons. The van der Waals surface area contributed by atoms with Gasteiger partial charge in [-0.05, 0) is 25.1 Å². The molecule has 1 aromatic heterocycles. The van der Waals surface area contributed by atoms with E-state index < -0.39 is 0 Å². The summed E-state index contributed by atoms with van der Waals surface area (Å²) in [5, 5.41) is 11.3. The second-order valence-corrected chi connectivity index (χ2v) is 6.26. The standard InChI is InChI=1S/C15H16N6O/c1-2-4-12-11(3-1)17-13(20-19-12)18-14-16-8-15(22-14)9-21-6-5-10(15)7-21/h1-4,10H,5-9H2,(H,16,17,18,20). The summed E-state index contributed by atoms with van der Waals surface area (Å²) in [7, 11) is 0. The number of hydrogen-bond acceptors (Lipinski definition) is 7. The van der Waals surface area contributed by atoms with Crippen molar-refractivity contribution in [2.24, 2.45) is 10.9 Å². The number of nitrogens with one attached hydrogen (secondary N) is 1. The van der Waals surface area contributed by atoms with Crippen molar-refractivity contribution in [3.63, 3.8) is 0 Å². The lowest BCUT2D eigenvalue weighted by molar-refractivity contribution is 0.0363. The van der Waals surface area contributed by atoms with Crippen LogP contribution in [-0.2, 0) is 4.74 Å². The van der Waals surface area contributed by atoms with Crippen LogP contribution in [0.25, 0.3) is 11.0 Å². The third-order valence-electron chi connectivity index (χ3n) is 4.88. The number of amidine groups is 1. The summed E-state index contributed by atoms with van der Waals surface area (Å²) in [6.07, 6.45) is 1.21. The van der Waals surface area contributed by atoms with Crippen LogP contribution in [-0.4, -0.2) is 57.9 Å². The van der Waals surface area contributed by atoms with Crippen molar-refractivity contribution in [1.29, 1.82) is 0 Å². The highest BCUT2D eigenvalue weighted by molar-refractivity contribution is 5.89. The van der Waals surface area contributed by atoms with E-state index in [1.165, 1.54) is 13.0 Å². The Kier molecular flexibility index (Phi) is 2.43. The Hall–Kier alpha value is -2.28. The number of ether oxygens (including phenoxy) is 1. The molecule has 1 spiro atoms. The topological polar surface area (TPSA) is 75.5 Å². The van der Waals surface area contributed by atoms with E-state index in [-0.39, 0.29) is 5.60 Å². The molecule has 3 aliphatic heterocycles. The Morgan fingerprint density at radius 3 is 2.95 bits per heavy atom. The van der Waals surface area contributed by atoms with Crippen molar-refractivity contribution >= 4 is 23.0 Å². The summed E-state index contributed by atoms with van der Waals surface area (Å²) in [5.41, 5.74) is 1.45. The molecule has 1 aromatic carbocycles. The fraction of sp³-hybridized carbons (Fsp3) is 0.467. The van der Waals surface area contributed by atoms with Crippen LogP contribution < -0.4 is 5.32 Å². The van der Waals surface area contributed by atoms with Gasteiger partial charge in [-0.3, -0.25) is 10.2 Å². The minimum Gasteiger partial charge on any atom is -0.455 e. The minimum atomic E-state index is -0.134. The summed E-state index contributed by atoms with van der Waals surface area (Å²) in [6.45, 7) is 4.02. The fourth-order valence-corrected chi connectivity index (χ4v) is 3.77. The molecule has 2 fully saturated rings. The van der Waals surface area contributed by atoms with Gasteiger partial charge in [-0.2, -0.15) is 0 Å². The van der Waals surface area contributed by atoms with Crippen molar-refractivity contribution in [2.45, 2.75) is 12.0 Å². The maximum absolute atomic E-state index is 6.15. The Morgan fingerprint density at radius 1 is 1.23 bits per heavy atom. The van der Waals surface area contributed by atoms with E-state index in [4.69, 9.17) is 4.74 Å². The molecule has 7 nitrogen and oxygen atoms in total. The van der Waals surface area contributed by atoms with Crippen LogP contribution >= 0.6 is 0 Å². The summed E-state index contributed by atoms with van der Waals surface area (Å²) >= 11 is 0. The quantitative estimate of drug-likeness (QED) is 0.842. The lowest BCUT2D eigenvalue weighted by Gasteiger charge is -2.31. The lowest BCUT2D eigenvalue weighted by atomic mass is 9.88. The molecule has 3 atom stereocenters. The van der Waals surface area contributed by atoms with Crippen LogP contribution in [0.5, 0.6) is 0 Å². The third kappa shape index (κ3) is 1.78. The van der Waals surface area contributed by atoms with Crippen LogP contribution in [0.4, 0.5) is 5.95 Å². The molecule has 3 unspecified atom stereocenters. The summed E-state index contributed by atoms with van der Waals surface area (Å²) < 4.78 is 6.15. The normalized spacial score (nSPS) is 32.5. The van der Waals surface area contributed by atoms with E-state index in [0.29, 0.717) is 17.9 Å². The van der Waals surface area contributed by atoms with Gasteiger partial charge in [0, 0.05) is 19.0 Å². The first-order valence-electron chi connectivity index (χ1n) is 7.63. The van der Waals surface area contributed by atoms with E-state index in [1.54, 1.807) is 0 Å². The summed E-state index contributed by atoms with van der Waals surface area (Å²) in [5.74, 6) is 1.02.